The second-order valence-corrected chi connectivity index (χ2v) is 6.80. The highest BCUT2D eigenvalue weighted by Crippen LogP contribution is 2.20. The highest BCUT2D eigenvalue weighted by molar-refractivity contribution is 5.27. The van der Waals surface area contributed by atoms with E-state index in [1.807, 2.05) is 31.5 Å². The van der Waals surface area contributed by atoms with Crippen LogP contribution < -0.4 is 4.74 Å². The lowest BCUT2D eigenvalue weighted by molar-refractivity contribution is 0.0499. The quantitative estimate of drug-likeness (QED) is 0.789. The van der Waals surface area contributed by atoms with Crippen LogP contribution in [-0.4, -0.2) is 58.8 Å². The van der Waals surface area contributed by atoms with Crippen molar-refractivity contribution in [3.63, 3.8) is 0 Å². The number of nitrogens with zero attached hydrogens (tertiary/aromatic N) is 3. The largest absolute Gasteiger partial charge is 0.494 e. The molecule has 0 aliphatic carbocycles. The van der Waals surface area contributed by atoms with E-state index in [1.165, 1.54) is 11.1 Å². The van der Waals surface area contributed by atoms with Crippen LogP contribution in [0.5, 0.6) is 5.75 Å². The highest BCUT2D eigenvalue weighted by atomic mass is 16.5. The maximum absolute atomic E-state index is 9.50. The van der Waals surface area contributed by atoms with Gasteiger partial charge in [0.15, 0.2) is 0 Å². The van der Waals surface area contributed by atoms with Crippen LogP contribution in [-0.2, 0) is 13.1 Å². The third-order valence-corrected chi connectivity index (χ3v) is 4.93. The zero-order chi connectivity index (χ0) is 18.2. The summed E-state index contributed by atoms with van der Waals surface area (Å²) < 4.78 is 5.52. The average Bonchev–Trinajstić information content (AvgIpc) is 2.67. The molecule has 0 spiro atoms. The number of ether oxygens (including phenoxy) is 1. The van der Waals surface area contributed by atoms with Crippen LogP contribution in [0.15, 0.2) is 48.8 Å². The number of benzene rings is 1. The zero-order valence-corrected chi connectivity index (χ0v) is 15.6. The number of aromatic nitrogens is 1. The van der Waals surface area contributed by atoms with Crippen LogP contribution >= 0.6 is 0 Å². The molecule has 1 saturated heterocycles. The fraction of sp³-hybridized carbons (Fsp3) is 0.476. The molecule has 1 unspecified atom stereocenters. The Morgan fingerprint density at radius 1 is 1.04 bits per heavy atom. The van der Waals surface area contributed by atoms with E-state index in [0.717, 1.165) is 44.9 Å². The minimum absolute atomic E-state index is 0.230. The van der Waals surface area contributed by atoms with E-state index in [0.29, 0.717) is 12.6 Å². The Kier molecular flexibility index (Phi) is 7.00. The number of piperazine rings is 1. The Morgan fingerprint density at radius 3 is 2.46 bits per heavy atom. The molecule has 3 rings (SSSR count). The molecule has 1 aromatic heterocycles. The van der Waals surface area contributed by atoms with Crippen molar-refractivity contribution in [2.24, 2.45) is 0 Å². The molecule has 1 aliphatic rings. The van der Waals surface area contributed by atoms with Gasteiger partial charge in [0.1, 0.15) is 5.75 Å². The van der Waals surface area contributed by atoms with Crippen molar-refractivity contribution in [2.45, 2.75) is 32.5 Å². The summed E-state index contributed by atoms with van der Waals surface area (Å²) in [7, 11) is 0. The van der Waals surface area contributed by atoms with Crippen molar-refractivity contribution in [1.29, 1.82) is 0 Å². The molecular weight excluding hydrogens is 326 g/mol. The Hall–Kier alpha value is -1.95. The highest BCUT2D eigenvalue weighted by Gasteiger charge is 2.26. The third-order valence-electron chi connectivity index (χ3n) is 4.93. The molecule has 1 aromatic carbocycles. The van der Waals surface area contributed by atoms with E-state index in [1.54, 1.807) is 0 Å². The number of hydrogen-bond acceptors (Lipinski definition) is 5. The average molecular weight is 355 g/mol. The van der Waals surface area contributed by atoms with Gasteiger partial charge in [-0.25, -0.2) is 0 Å². The minimum atomic E-state index is 0.230. The van der Waals surface area contributed by atoms with Gasteiger partial charge in [0.05, 0.1) is 6.61 Å². The van der Waals surface area contributed by atoms with Crippen molar-refractivity contribution in [1.82, 2.24) is 14.8 Å². The number of aliphatic hydroxyl groups is 1. The Bertz CT molecular complexity index is 648. The fourth-order valence-corrected chi connectivity index (χ4v) is 3.57. The predicted molar refractivity (Wildman–Crippen MR) is 103 cm³/mol. The maximum atomic E-state index is 9.50. The van der Waals surface area contributed by atoms with Gasteiger partial charge >= 0.3 is 0 Å². The van der Waals surface area contributed by atoms with Gasteiger partial charge in [-0.3, -0.25) is 14.8 Å². The molecule has 0 saturated carbocycles. The Balaban J connectivity index is 1.59. The number of hydrogen-bond donors (Lipinski definition) is 1. The van der Waals surface area contributed by atoms with Crippen LogP contribution in [0.25, 0.3) is 0 Å². The molecule has 5 nitrogen and oxygen atoms in total. The van der Waals surface area contributed by atoms with Gasteiger partial charge in [-0.1, -0.05) is 12.1 Å². The van der Waals surface area contributed by atoms with Crippen LogP contribution in [0.2, 0.25) is 0 Å². The molecule has 2 aromatic rings. The Labute approximate surface area is 156 Å². The molecule has 26 heavy (non-hydrogen) atoms. The smallest absolute Gasteiger partial charge is 0.119 e. The lowest BCUT2D eigenvalue weighted by atomic mass is 10.1. The van der Waals surface area contributed by atoms with E-state index in [2.05, 4.69) is 39.0 Å². The summed E-state index contributed by atoms with van der Waals surface area (Å²) in [4.78, 5) is 9.06. The molecule has 0 radical (unpaired) electrons. The monoisotopic (exact) mass is 355 g/mol. The van der Waals surface area contributed by atoms with Crippen molar-refractivity contribution in [3.05, 3.63) is 59.9 Å². The molecule has 1 N–H and O–H groups in total. The lowest BCUT2D eigenvalue weighted by Crippen LogP contribution is -2.52. The van der Waals surface area contributed by atoms with E-state index < -0.39 is 0 Å². The molecular formula is C21H29N3O2. The second kappa shape index (κ2) is 9.67. The van der Waals surface area contributed by atoms with Crippen molar-refractivity contribution in [2.75, 3.05) is 32.8 Å². The van der Waals surface area contributed by atoms with Crippen molar-refractivity contribution in [3.8, 4) is 5.75 Å². The first-order chi connectivity index (χ1) is 12.8. The number of pyridine rings is 1. The van der Waals surface area contributed by atoms with E-state index >= 15 is 0 Å². The van der Waals surface area contributed by atoms with Gasteiger partial charge in [-0.15, -0.1) is 0 Å². The van der Waals surface area contributed by atoms with Crippen LogP contribution in [0.3, 0.4) is 0 Å². The van der Waals surface area contributed by atoms with E-state index in [-0.39, 0.29) is 6.61 Å². The van der Waals surface area contributed by atoms with Gasteiger partial charge in [-0.05, 0) is 48.7 Å². The molecule has 1 atom stereocenters. The van der Waals surface area contributed by atoms with Crippen LogP contribution in [0.1, 0.15) is 24.5 Å². The summed E-state index contributed by atoms with van der Waals surface area (Å²) in [5.74, 6) is 0.922. The van der Waals surface area contributed by atoms with Crippen molar-refractivity contribution >= 4 is 0 Å². The molecule has 1 aliphatic heterocycles. The summed E-state index contributed by atoms with van der Waals surface area (Å²) in [5.41, 5.74) is 2.58. The molecule has 2 heterocycles. The normalized spacial score (nSPS) is 18.8. The van der Waals surface area contributed by atoms with Gasteiger partial charge in [0.25, 0.3) is 0 Å². The predicted octanol–water partition coefficient (Wildman–Crippen LogP) is 2.55. The van der Waals surface area contributed by atoms with Gasteiger partial charge < -0.3 is 9.84 Å². The molecule has 0 amide bonds. The topological polar surface area (TPSA) is 48.8 Å². The number of rotatable bonds is 8. The fourth-order valence-electron chi connectivity index (χ4n) is 3.57. The summed E-state index contributed by atoms with van der Waals surface area (Å²) in [5, 5.41) is 9.50. The molecule has 140 valence electrons. The second-order valence-electron chi connectivity index (χ2n) is 6.80. The Morgan fingerprint density at radius 2 is 1.77 bits per heavy atom. The van der Waals surface area contributed by atoms with E-state index in [4.69, 9.17) is 4.74 Å². The summed E-state index contributed by atoms with van der Waals surface area (Å²) in [6.07, 6.45) is 4.51. The minimum Gasteiger partial charge on any atom is -0.494 e. The van der Waals surface area contributed by atoms with Crippen LogP contribution in [0, 0.1) is 0 Å². The van der Waals surface area contributed by atoms with Gasteiger partial charge in [0, 0.05) is 57.8 Å². The van der Waals surface area contributed by atoms with E-state index in [9.17, 15) is 5.11 Å². The summed E-state index contributed by atoms with van der Waals surface area (Å²) >= 11 is 0. The first kappa shape index (κ1) is 18.8. The molecule has 0 bridgehead atoms. The first-order valence-corrected chi connectivity index (χ1v) is 9.46. The van der Waals surface area contributed by atoms with Gasteiger partial charge in [0.2, 0.25) is 0 Å². The zero-order valence-electron chi connectivity index (χ0n) is 15.6. The van der Waals surface area contributed by atoms with Crippen LogP contribution in [0.4, 0.5) is 0 Å². The summed E-state index contributed by atoms with van der Waals surface area (Å²) in [6.45, 7) is 7.83. The third kappa shape index (κ3) is 5.27. The molecule has 5 heteroatoms. The van der Waals surface area contributed by atoms with Gasteiger partial charge in [-0.2, -0.15) is 0 Å². The standard InChI is InChI=1S/C21H29N3O2/c1-2-26-21-5-3-18(4-6-21)16-24-13-12-23(17-20(24)9-14-25)15-19-7-10-22-11-8-19/h3-8,10-11,20,25H,2,9,12-17H2,1H3. The lowest BCUT2D eigenvalue weighted by Gasteiger charge is -2.41. The molecule has 1 fully saturated rings. The summed E-state index contributed by atoms with van der Waals surface area (Å²) in [6, 6.07) is 12.9. The number of aliphatic hydroxyl groups excluding tert-OH is 1. The maximum Gasteiger partial charge on any atom is 0.119 e. The SMILES string of the molecule is CCOc1ccc(CN2CCN(Cc3ccncc3)CC2CCO)cc1. The van der Waals surface area contributed by atoms with Crippen molar-refractivity contribution < 1.29 is 9.84 Å². The first-order valence-electron chi connectivity index (χ1n) is 9.46.